The van der Waals surface area contributed by atoms with Crippen molar-refractivity contribution >= 4 is 35.1 Å². The number of ether oxygens (including phenoxy) is 2. The van der Waals surface area contributed by atoms with E-state index in [1.165, 1.54) is 0 Å². The van der Waals surface area contributed by atoms with Gasteiger partial charge in [0.25, 0.3) is 0 Å². The van der Waals surface area contributed by atoms with Crippen LogP contribution in [0.4, 0.5) is 10.5 Å². The molecule has 0 aromatic heterocycles. The predicted molar refractivity (Wildman–Crippen MR) is 104 cm³/mol. The van der Waals surface area contributed by atoms with Crippen LogP contribution in [0.5, 0.6) is 11.5 Å². The van der Waals surface area contributed by atoms with Gasteiger partial charge in [-0.25, -0.2) is 4.79 Å². The number of urea groups is 1. The molecule has 1 atom stereocenters. The Labute approximate surface area is 161 Å². The van der Waals surface area contributed by atoms with Crippen LogP contribution in [0.1, 0.15) is 17.2 Å². The van der Waals surface area contributed by atoms with Crippen molar-refractivity contribution in [2.75, 3.05) is 31.0 Å². The SMILES string of the molecule is O=C(Nc1ccc2c(c1)OCO2)N1CCS[C@@H](c2ccccc2Cl)CC1. The first-order valence-electron chi connectivity index (χ1n) is 8.52. The molecule has 2 amide bonds. The van der Waals surface area contributed by atoms with Crippen LogP contribution in [0.2, 0.25) is 5.02 Å². The van der Waals surface area contributed by atoms with E-state index >= 15 is 0 Å². The molecule has 7 heteroatoms. The highest BCUT2D eigenvalue weighted by atomic mass is 35.5. The molecule has 0 saturated carbocycles. The number of halogens is 1. The Balaban J connectivity index is 1.39. The number of nitrogens with zero attached hydrogens (tertiary/aromatic N) is 1. The first kappa shape index (κ1) is 17.4. The van der Waals surface area contributed by atoms with Crippen molar-refractivity contribution in [1.29, 1.82) is 0 Å². The molecule has 2 aliphatic heterocycles. The van der Waals surface area contributed by atoms with Gasteiger partial charge >= 0.3 is 6.03 Å². The molecule has 0 aliphatic carbocycles. The van der Waals surface area contributed by atoms with Crippen molar-refractivity contribution in [2.45, 2.75) is 11.7 Å². The van der Waals surface area contributed by atoms with E-state index in [4.69, 9.17) is 21.1 Å². The number of benzene rings is 2. The van der Waals surface area contributed by atoms with Crippen molar-refractivity contribution in [2.24, 2.45) is 0 Å². The Morgan fingerprint density at radius 1 is 1.15 bits per heavy atom. The van der Waals surface area contributed by atoms with E-state index in [2.05, 4.69) is 11.4 Å². The molecule has 0 radical (unpaired) electrons. The molecule has 136 valence electrons. The van der Waals surface area contributed by atoms with E-state index in [-0.39, 0.29) is 12.8 Å². The number of carbonyl (C=O) groups excluding carboxylic acids is 1. The normalized spacial score (nSPS) is 19.1. The van der Waals surface area contributed by atoms with Crippen LogP contribution in [0, 0.1) is 0 Å². The molecule has 2 aromatic carbocycles. The predicted octanol–water partition coefficient (Wildman–Crippen LogP) is 4.78. The van der Waals surface area contributed by atoms with Gasteiger partial charge in [-0.15, -0.1) is 0 Å². The fourth-order valence-corrected chi connectivity index (χ4v) is 4.73. The average molecular weight is 391 g/mol. The van der Waals surface area contributed by atoms with Crippen LogP contribution in [0.3, 0.4) is 0 Å². The van der Waals surface area contributed by atoms with Gasteiger partial charge in [0.2, 0.25) is 6.79 Å². The van der Waals surface area contributed by atoms with Gasteiger partial charge in [-0.1, -0.05) is 29.8 Å². The monoisotopic (exact) mass is 390 g/mol. The Morgan fingerprint density at radius 3 is 2.88 bits per heavy atom. The van der Waals surface area contributed by atoms with E-state index in [9.17, 15) is 4.79 Å². The molecule has 26 heavy (non-hydrogen) atoms. The maximum atomic E-state index is 12.6. The minimum atomic E-state index is -0.0933. The van der Waals surface area contributed by atoms with Gasteiger partial charge in [-0.3, -0.25) is 0 Å². The van der Waals surface area contributed by atoms with Crippen molar-refractivity contribution in [3.05, 3.63) is 53.1 Å². The lowest BCUT2D eigenvalue weighted by Crippen LogP contribution is -2.36. The van der Waals surface area contributed by atoms with E-state index in [1.807, 2.05) is 47.0 Å². The molecular formula is C19H19ClN2O3S. The summed E-state index contributed by atoms with van der Waals surface area (Å²) in [6.45, 7) is 1.63. The summed E-state index contributed by atoms with van der Waals surface area (Å²) in [4.78, 5) is 14.5. The summed E-state index contributed by atoms with van der Waals surface area (Å²) in [7, 11) is 0. The largest absolute Gasteiger partial charge is 0.454 e. The highest BCUT2D eigenvalue weighted by Gasteiger charge is 2.24. The summed E-state index contributed by atoms with van der Waals surface area (Å²) < 4.78 is 10.7. The Bertz CT molecular complexity index is 817. The fraction of sp³-hybridized carbons (Fsp3) is 0.316. The number of nitrogens with one attached hydrogen (secondary N) is 1. The third-order valence-corrected chi connectivity index (χ3v) is 6.16. The summed E-state index contributed by atoms with van der Waals surface area (Å²) in [5.41, 5.74) is 1.86. The van der Waals surface area contributed by atoms with Gasteiger partial charge in [0, 0.05) is 40.9 Å². The third-order valence-electron chi connectivity index (χ3n) is 4.50. The quantitative estimate of drug-likeness (QED) is 0.801. The second-order valence-corrected chi connectivity index (χ2v) is 7.87. The molecule has 0 spiro atoms. The van der Waals surface area contributed by atoms with Crippen molar-refractivity contribution < 1.29 is 14.3 Å². The van der Waals surface area contributed by atoms with Gasteiger partial charge in [-0.2, -0.15) is 11.8 Å². The molecule has 4 rings (SSSR count). The van der Waals surface area contributed by atoms with Gasteiger partial charge in [0.05, 0.1) is 0 Å². The lowest BCUT2D eigenvalue weighted by molar-refractivity contribution is 0.174. The van der Waals surface area contributed by atoms with Gasteiger partial charge in [0.1, 0.15) is 0 Å². The van der Waals surface area contributed by atoms with Gasteiger partial charge in [0.15, 0.2) is 11.5 Å². The number of rotatable bonds is 2. The summed E-state index contributed by atoms with van der Waals surface area (Å²) in [5.74, 6) is 2.24. The second kappa shape index (κ2) is 7.68. The Morgan fingerprint density at radius 2 is 2.00 bits per heavy atom. The highest BCUT2D eigenvalue weighted by Crippen LogP contribution is 2.38. The number of hydrogen-bond donors (Lipinski definition) is 1. The van der Waals surface area contributed by atoms with Crippen LogP contribution in [0.25, 0.3) is 0 Å². The van der Waals surface area contributed by atoms with E-state index in [1.54, 1.807) is 6.07 Å². The van der Waals surface area contributed by atoms with E-state index in [0.717, 1.165) is 22.8 Å². The second-order valence-electron chi connectivity index (χ2n) is 6.15. The van der Waals surface area contributed by atoms with Crippen LogP contribution < -0.4 is 14.8 Å². The minimum Gasteiger partial charge on any atom is -0.454 e. The van der Waals surface area contributed by atoms with Crippen LogP contribution in [-0.2, 0) is 0 Å². The Hall–Kier alpha value is -2.05. The standard InChI is InChI=1S/C19H19ClN2O3S/c20-15-4-2-1-3-14(15)18-7-8-22(9-10-26-18)19(23)21-13-5-6-16-17(11-13)25-12-24-16/h1-6,11,18H,7-10,12H2,(H,21,23)/t18-/m1/s1. The van der Waals surface area contributed by atoms with Crippen LogP contribution >= 0.6 is 23.4 Å². The number of thioether (sulfide) groups is 1. The molecule has 0 unspecified atom stereocenters. The molecule has 2 aromatic rings. The minimum absolute atomic E-state index is 0.0933. The topological polar surface area (TPSA) is 50.8 Å². The molecule has 1 fully saturated rings. The number of hydrogen-bond acceptors (Lipinski definition) is 4. The number of anilines is 1. The molecule has 1 saturated heterocycles. The van der Waals surface area contributed by atoms with Crippen LogP contribution in [0.15, 0.2) is 42.5 Å². The molecule has 1 N–H and O–H groups in total. The summed E-state index contributed by atoms with van der Waals surface area (Å²) >= 11 is 8.19. The van der Waals surface area contributed by atoms with Crippen molar-refractivity contribution in [3.63, 3.8) is 0 Å². The number of carbonyl (C=O) groups is 1. The lowest BCUT2D eigenvalue weighted by atomic mass is 10.1. The lowest BCUT2D eigenvalue weighted by Gasteiger charge is -2.21. The van der Waals surface area contributed by atoms with E-state index in [0.29, 0.717) is 35.5 Å². The number of amides is 2. The number of fused-ring (bicyclic) bond motifs is 1. The molecule has 2 heterocycles. The summed E-state index contributed by atoms with van der Waals surface area (Å²) in [6.07, 6.45) is 0.878. The zero-order chi connectivity index (χ0) is 17.9. The van der Waals surface area contributed by atoms with Crippen molar-refractivity contribution in [3.8, 4) is 11.5 Å². The summed E-state index contributed by atoms with van der Waals surface area (Å²) in [6, 6.07) is 13.3. The maximum Gasteiger partial charge on any atom is 0.321 e. The third kappa shape index (κ3) is 3.71. The van der Waals surface area contributed by atoms with Crippen molar-refractivity contribution in [1.82, 2.24) is 4.90 Å². The fourth-order valence-electron chi connectivity index (χ4n) is 3.13. The first-order chi connectivity index (χ1) is 12.7. The zero-order valence-electron chi connectivity index (χ0n) is 14.1. The Kier molecular flexibility index (Phi) is 5.13. The highest BCUT2D eigenvalue weighted by molar-refractivity contribution is 7.99. The molecular weight excluding hydrogens is 372 g/mol. The molecule has 0 bridgehead atoms. The van der Waals surface area contributed by atoms with Gasteiger partial charge in [-0.05, 0) is 30.2 Å². The zero-order valence-corrected chi connectivity index (χ0v) is 15.7. The average Bonchev–Trinajstić information content (AvgIpc) is 2.97. The van der Waals surface area contributed by atoms with Gasteiger partial charge < -0.3 is 19.7 Å². The first-order valence-corrected chi connectivity index (χ1v) is 9.95. The molecule has 5 nitrogen and oxygen atoms in total. The van der Waals surface area contributed by atoms with Crippen LogP contribution in [-0.4, -0.2) is 36.6 Å². The molecule has 2 aliphatic rings. The smallest absolute Gasteiger partial charge is 0.321 e. The summed E-state index contributed by atoms with van der Waals surface area (Å²) in [5, 5.41) is 4.06. The maximum absolute atomic E-state index is 12.6. The van der Waals surface area contributed by atoms with E-state index < -0.39 is 0 Å².